The van der Waals surface area contributed by atoms with E-state index < -0.39 is 0 Å². The average molecular weight is 575 g/mol. The number of benzene rings is 4. The Kier molecular flexibility index (Phi) is 6.13. The van der Waals surface area contributed by atoms with Gasteiger partial charge in [-0.15, -0.1) is 22.7 Å². The van der Waals surface area contributed by atoms with Crippen LogP contribution in [0.3, 0.4) is 0 Å². The van der Waals surface area contributed by atoms with E-state index in [4.69, 9.17) is 9.97 Å². The summed E-state index contributed by atoms with van der Waals surface area (Å²) < 4.78 is 0. The van der Waals surface area contributed by atoms with Crippen molar-refractivity contribution in [3.05, 3.63) is 133 Å². The smallest absolute Gasteiger partial charge is 0.123 e. The van der Waals surface area contributed by atoms with Gasteiger partial charge in [0.1, 0.15) is 10.0 Å². The molecule has 0 fully saturated rings. The van der Waals surface area contributed by atoms with Crippen LogP contribution < -0.4 is 0 Å². The third-order valence-corrected chi connectivity index (χ3v) is 9.17. The summed E-state index contributed by atoms with van der Waals surface area (Å²) in [6, 6.07) is 34.3. The lowest BCUT2D eigenvalue weighted by molar-refractivity contribution is 1.32. The molecule has 4 heterocycles. The minimum atomic E-state index is 0.921. The van der Waals surface area contributed by atoms with Gasteiger partial charge >= 0.3 is 0 Å². The summed E-state index contributed by atoms with van der Waals surface area (Å²) in [5.41, 5.74) is 8.52. The number of hydrogen-bond donors (Lipinski definition) is 0. The lowest BCUT2D eigenvalue weighted by Crippen LogP contribution is -1.95. The zero-order chi connectivity index (χ0) is 27.9. The van der Waals surface area contributed by atoms with Crippen molar-refractivity contribution in [3.63, 3.8) is 0 Å². The Morgan fingerprint density at radius 1 is 0.381 bits per heavy atom. The first-order chi connectivity index (χ1) is 20.8. The maximum Gasteiger partial charge on any atom is 0.123 e. The molecule has 0 saturated carbocycles. The molecule has 8 aromatic rings. The van der Waals surface area contributed by atoms with Gasteiger partial charge in [0.15, 0.2) is 0 Å². The first-order valence-corrected chi connectivity index (χ1v) is 15.4. The summed E-state index contributed by atoms with van der Waals surface area (Å²) >= 11 is 3.27. The van der Waals surface area contributed by atoms with Gasteiger partial charge < -0.3 is 0 Å². The van der Waals surface area contributed by atoms with Crippen molar-refractivity contribution < 1.29 is 0 Å². The number of aromatic nitrogens is 4. The normalized spacial score (nSPS) is 11.3. The zero-order valence-corrected chi connectivity index (χ0v) is 23.9. The Labute approximate surface area is 250 Å². The van der Waals surface area contributed by atoms with Crippen molar-refractivity contribution in [1.29, 1.82) is 0 Å². The highest BCUT2D eigenvalue weighted by atomic mass is 32.1. The van der Waals surface area contributed by atoms with E-state index in [1.54, 1.807) is 22.7 Å². The van der Waals surface area contributed by atoms with Crippen molar-refractivity contribution in [2.75, 3.05) is 0 Å². The fraction of sp³-hybridized carbons (Fsp3) is 0. The van der Waals surface area contributed by atoms with Gasteiger partial charge in [0.25, 0.3) is 0 Å². The van der Waals surface area contributed by atoms with E-state index in [0.717, 1.165) is 70.8 Å². The molecule has 198 valence electrons. The Morgan fingerprint density at radius 2 is 0.929 bits per heavy atom. The lowest BCUT2D eigenvalue weighted by atomic mass is 9.87. The minimum absolute atomic E-state index is 0.921. The minimum Gasteiger partial charge on any atom is -0.256 e. The van der Waals surface area contributed by atoms with Crippen LogP contribution in [0, 0.1) is 0 Å². The molecule has 6 heteroatoms. The molecule has 4 aromatic heterocycles. The van der Waals surface area contributed by atoms with Gasteiger partial charge in [0.2, 0.25) is 0 Å². The molecule has 8 rings (SSSR count). The Balaban J connectivity index is 1.47. The monoisotopic (exact) mass is 574 g/mol. The van der Waals surface area contributed by atoms with Crippen LogP contribution in [0.4, 0.5) is 0 Å². The summed E-state index contributed by atoms with van der Waals surface area (Å²) in [6.45, 7) is 0. The van der Waals surface area contributed by atoms with Crippen LogP contribution in [-0.4, -0.2) is 19.9 Å². The van der Waals surface area contributed by atoms with E-state index in [2.05, 4.69) is 94.9 Å². The third-order valence-electron chi connectivity index (χ3n) is 7.52. The third kappa shape index (κ3) is 4.29. The standard InChI is InChI=1S/C36H22N4S2/c1-2-6-23(7-3-1)24-10-11-29-30(20-24)34(32-22-26(13-15-38-32)36-40-17-19-42-36)28-9-5-4-8-27(28)33(29)31-21-25(12-14-37-31)35-39-16-18-41-35/h1-22H. The van der Waals surface area contributed by atoms with Crippen molar-refractivity contribution in [2.24, 2.45) is 0 Å². The van der Waals surface area contributed by atoms with Gasteiger partial charge in [0, 0.05) is 57.8 Å². The second kappa shape index (κ2) is 10.4. The highest BCUT2D eigenvalue weighted by Crippen LogP contribution is 2.45. The molecule has 0 aliphatic carbocycles. The number of hydrogen-bond acceptors (Lipinski definition) is 6. The summed E-state index contributed by atoms with van der Waals surface area (Å²) in [4.78, 5) is 18.9. The molecule has 0 saturated heterocycles. The molecular formula is C36H22N4S2. The number of rotatable bonds is 5. The number of nitrogens with zero attached hydrogens (tertiary/aromatic N) is 4. The highest BCUT2D eigenvalue weighted by molar-refractivity contribution is 7.13. The lowest BCUT2D eigenvalue weighted by Gasteiger charge is -2.18. The summed E-state index contributed by atoms with van der Waals surface area (Å²) in [5, 5.41) is 10.5. The van der Waals surface area contributed by atoms with E-state index in [9.17, 15) is 0 Å². The van der Waals surface area contributed by atoms with Crippen molar-refractivity contribution in [2.45, 2.75) is 0 Å². The molecule has 0 aliphatic rings. The van der Waals surface area contributed by atoms with Crippen molar-refractivity contribution in [1.82, 2.24) is 19.9 Å². The molecule has 0 aliphatic heterocycles. The van der Waals surface area contributed by atoms with Crippen molar-refractivity contribution >= 4 is 44.2 Å². The van der Waals surface area contributed by atoms with Crippen LogP contribution >= 0.6 is 22.7 Å². The molecule has 0 spiro atoms. The van der Waals surface area contributed by atoms with Gasteiger partial charge in [0.05, 0.1) is 11.4 Å². The molecule has 0 atom stereocenters. The Hall–Kier alpha value is -5.04. The summed E-state index contributed by atoms with van der Waals surface area (Å²) in [7, 11) is 0. The fourth-order valence-electron chi connectivity index (χ4n) is 5.67. The van der Waals surface area contributed by atoms with Crippen molar-refractivity contribution in [3.8, 4) is 54.8 Å². The molecule has 0 bridgehead atoms. The maximum absolute atomic E-state index is 4.93. The van der Waals surface area contributed by atoms with E-state index in [1.807, 2.05) is 47.7 Å². The van der Waals surface area contributed by atoms with Crippen LogP contribution in [0.25, 0.3) is 76.3 Å². The van der Waals surface area contributed by atoms with Gasteiger partial charge in [-0.3, -0.25) is 9.97 Å². The highest BCUT2D eigenvalue weighted by Gasteiger charge is 2.20. The second-order valence-electron chi connectivity index (χ2n) is 9.96. The average Bonchev–Trinajstić information content (AvgIpc) is 3.80. The predicted molar refractivity (Wildman–Crippen MR) is 176 cm³/mol. The largest absolute Gasteiger partial charge is 0.256 e. The Morgan fingerprint density at radius 3 is 1.50 bits per heavy atom. The van der Waals surface area contributed by atoms with Crippen LogP contribution in [-0.2, 0) is 0 Å². The van der Waals surface area contributed by atoms with Crippen LogP contribution in [0.2, 0.25) is 0 Å². The molecule has 0 radical (unpaired) electrons. The van der Waals surface area contributed by atoms with Gasteiger partial charge in [-0.25, -0.2) is 9.97 Å². The van der Waals surface area contributed by atoms with Crippen LogP contribution in [0.15, 0.2) is 133 Å². The predicted octanol–water partition coefficient (Wildman–Crippen LogP) is 10.0. The SMILES string of the molecule is c1ccc(-c2ccc3c(-c4cc(-c5nccs5)ccn4)c4ccccc4c(-c4cc(-c5nccs5)ccn4)c3c2)cc1. The number of fused-ring (bicyclic) bond motifs is 2. The Bertz CT molecular complexity index is 2190. The van der Waals surface area contributed by atoms with E-state index in [-0.39, 0.29) is 0 Å². The topological polar surface area (TPSA) is 51.6 Å². The summed E-state index contributed by atoms with van der Waals surface area (Å²) in [6.07, 6.45) is 7.47. The maximum atomic E-state index is 4.93. The fourth-order valence-corrected chi connectivity index (χ4v) is 6.94. The van der Waals surface area contributed by atoms with E-state index >= 15 is 0 Å². The van der Waals surface area contributed by atoms with E-state index in [0.29, 0.717) is 0 Å². The molecule has 42 heavy (non-hydrogen) atoms. The zero-order valence-electron chi connectivity index (χ0n) is 22.3. The van der Waals surface area contributed by atoms with Gasteiger partial charge in [-0.05, 0) is 63.0 Å². The second-order valence-corrected chi connectivity index (χ2v) is 11.7. The van der Waals surface area contributed by atoms with Gasteiger partial charge in [-0.1, -0.05) is 66.7 Å². The van der Waals surface area contributed by atoms with E-state index in [1.165, 1.54) is 5.56 Å². The summed E-state index contributed by atoms with van der Waals surface area (Å²) in [5.74, 6) is 0. The molecule has 4 nitrogen and oxygen atoms in total. The molecule has 4 aromatic carbocycles. The molecular weight excluding hydrogens is 553 g/mol. The molecule has 0 N–H and O–H groups in total. The molecule has 0 amide bonds. The van der Waals surface area contributed by atoms with Gasteiger partial charge in [-0.2, -0.15) is 0 Å². The quantitative estimate of drug-likeness (QED) is 0.192. The number of pyridine rings is 2. The van der Waals surface area contributed by atoms with Crippen LogP contribution in [0.5, 0.6) is 0 Å². The number of thiazole rings is 2. The first-order valence-electron chi connectivity index (χ1n) is 13.6. The first kappa shape index (κ1) is 24.7. The van der Waals surface area contributed by atoms with Crippen LogP contribution in [0.1, 0.15) is 0 Å². The molecule has 0 unspecified atom stereocenters.